The van der Waals surface area contributed by atoms with Crippen molar-refractivity contribution in [2.45, 2.75) is 25.9 Å². The van der Waals surface area contributed by atoms with Crippen LogP contribution in [0.3, 0.4) is 0 Å². The van der Waals surface area contributed by atoms with Gasteiger partial charge in [-0.15, -0.1) is 11.3 Å². The van der Waals surface area contributed by atoms with E-state index in [1.165, 1.54) is 11.3 Å². The van der Waals surface area contributed by atoms with Gasteiger partial charge in [-0.3, -0.25) is 9.69 Å². The zero-order valence-electron chi connectivity index (χ0n) is 12.0. The molecule has 112 valence electrons. The summed E-state index contributed by atoms with van der Waals surface area (Å²) in [5.41, 5.74) is 6.20. The lowest BCUT2D eigenvalue weighted by Gasteiger charge is -2.29. The highest BCUT2D eigenvalue weighted by Gasteiger charge is 2.18. The van der Waals surface area contributed by atoms with Gasteiger partial charge in [0.15, 0.2) is 0 Å². The Labute approximate surface area is 123 Å². The van der Waals surface area contributed by atoms with Gasteiger partial charge in [-0.2, -0.15) is 0 Å². The molecule has 0 radical (unpaired) electrons. The average Bonchev–Trinajstić information content (AvgIpc) is 2.89. The molecule has 0 bridgehead atoms. The van der Waals surface area contributed by atoms with E-state index >= 15 is 0 Å². The monoisotopic (exact) mass is 298 g/mol. The van der Waals surface area contributed by atoms with Crippen LogP contribution in [0.2, 0.25) is 0 Å². The van der Waals surface area contributed by atoms with Crippen LogP contribution in [0.4, 0.5) is 0 Å². The second-order valence-electron chi connectivity index (χ2n) is 5.15. The first-order chi connectivity index (χ1) is 9.56. The number of morpholine rings is 1. The average molecular weight is 298 g/mol. The summed E-state index contributed by atoms with van der Waals surface area (Å²) < 4.78 is 5.31. The lowest BCUT2D eigenvalue weighted by molar-refractivity contribution is 0.0342. The highest BCUT2D eigenvalue weighted by atomic mass is 32.1. The van der Waals surface area contributed by atoms with Crippen LogP contribution in [0.25, 0.3) is 0 Å². The number of ether oxygens (including phenoxy) is 1. The summed E-state index contributed by atoms with van der Waals surface area (Å²) in [7, 11) is 0. The van der Waals surface area contributed by atoms with E-state index in [9.17, 15) is 4.79 Å². The third-order valence-corrected chi connectivity index (χ3v) is 4.20. The van der Waals surface area contributed by atoms with Gasteiger partial charge in [0.1, 0.15) is 10.7 Å². The Morgan fingerprint density at radius 3 is 2.85 bits per heavy atom. The molecule has 0 aliphatic carbocycles. The van der Waals surface area contributed by atoms with Crippen molar-refractivity contribution in [1.82, 2.24) is 15.2 Å². The Morgan fingerprint density at radius 2 is 2.25 bits per heavy atom. The van der Waals surface area contributed by atoms with Crippen molar-refractivity contribution in [1.29, 1.82) is 0 Å². The Hall–Kier alpha value is -1.02. The number of nitrogens with two attached hydrogens (primary N) is 1. The van der Waals surface area contributed by atoms with E-state index in [-0.39, 0.29) is 18.0 Å². The van der Waals surface area contributed by atoms with Crippen LogP contribution >= 0.6 is 11.3 Å². The number of nitrogens with one attached hydrogen (secondary N) is 1. The molecule has 0 saturated carbocycles. The summed E-state index contributed by atoms with van der Waals surface area (Å²) in [5, 5.41) is 5.53. The number of hydrogen-bond acceptors (Lipinski definition) is 6. The van der Waals surface area contributed by atoms with Crippen molar-refractivity contribution in [3.05, 3.63) is 16.1 Å². The minimum Gasteiger partial charge on any atom is -0.379 e. The van der Waals surface area contributed by atoms with Crippen LogP contribution in [0.5, 0.6) is 0 Å². The lowest BCUT2D eigenvalue weighted by atomic mass is 10.2. The van der Waals surface area contributed by atoms with Crippen molar-refractivity contribution >= 4 is 17.2 Å². The summed E-state index contributed by atoms with van der Waals surface area (Å²) in [4.78, 5) is 18.6. The van der Waals surface area contributed by atoms with E-state index < -0.39 is 0 Å². The maximum atomic E-state index is 12.1. The first-order valence-corrected chi connectivity index (χ1v) is 7.76. The molecule has 1 aromatic rings. The van der Waals surface area contributed by atoms with Crippen LogP contribution in [-0.2, 0) is 4.74 Å². The van der Waals surface area contributed by atoms with Gasteiger partial charge < -0.3 is 15.8 Å². The number of carbonyl (C=O) groups is 1. The van der Waals surface area contributed by atoms with Gasteiger partial charge in [-0.1, -0.05) is 0 Å². The smallest absolute Gasteiger partial charge is 0.271 e. The molecule has 1 aliphatic rings. The zero-order valence-corrected chi connectivity index (χ0v) is 12.8. The molecule has 7 heteroatoms. The molecule has 1 saturated heterocycles. The SMILES string of the molecule is CC(CN1CCOCC1)NC(=O)c1csc(C(C)N)n1. The van der Waals surface area contributed by atoms with Crippen LogP contribution in [0.1, 0.15) is 35.4 Å². The highest BCUT2D eigenvalue weighted by Crippen LogP contribution is 2.15. The van der Waals surface area contributed by atoms with Crippen LogP contribution in [0.15, 0.2) is 5.38 Å². The molecule has 2 unspecified atom stereocenters. The van der Waals surface area contributed by atoms with Gasteiger partial charge in [-0.05, 0) is 13.8 Å². The number of aromatic nitrogens is 1. The molecular weight excluding hydrogens is 276 g/mol. The largest absolute Gasteiger partial charge is 0.379 e. The van der Waals surface area contributed by atoms with E-state index in [4.69, 9.17) is 10.5 Å². The molecule has 3 N–H and O–H groups in total. The normalized spacial score (nSPS) is 19.6. The molecule has 1 aromatic heterocycles. The number of rotatable bonds is 5. The van der Waals surface area contributed by atoms with Crippen molar-refractivity contribution in [2.75, 3.05) is 32.8 Å². The Balaban J connectivity index is 1.83. The zero-order chi connectivity index (χ0) is 14.5. The first kappa shape index (κ1) is 15.4. The third kappa shape index (κ3) is 4.24. The summed E-state index contributed by atoms with van der Waals surface area (Å²) >= 11 is 1.42. The summed E-state index contributed by atoms with van der Waals surface area (Å²) in [6.07, 6.45) is 0. The third-order valence-electron chi connectivity index (χ3n) is 3.16. The Kier molecular flexibility index (Phi) is 5.47. The molecule has 1 aliphatic heterocycles. The fraction of sp³-hybridized carbons (Fsp3) is 0.692. The van der Waals surface area contributed by atoms with Crippen LogP contribution in [0, 0.1) is 0 Å². The van der Waals surface area contributed by atoms with Crippen LogP contribution < -0.4 is 11.1 Å². The number of amides is 1. The van der Waals surface area contributed by atoms with Gasteiger partial charge in [0.25, 0.3) is 5.91 Å². The van der Waals surface area contributed by atoms with Crippen molar-refractivity contribution < 1.29 is 9.53 Å². The van der Waals surface area contributed by atoms with Crippen molar-refractivity contribution in [2.24, 2.45) is 5.73 Å². The number of hydrogen-bond donors (Lipinski definition) is 2. The standard InChI is InChI=1S/C13H22N4O2S/c1-9(7-17-3-5-19-6-4-17)15-12(18)11-8-20-13(16-11)10(2)14/h8-10H,3-7,14H2,1-2H3,(H,15,18). The molecule has 0 aromatic carbocycles. The summed E-state index contributed by atoms with van der Waals surface area (Å²) in [6.45, 7) is 8.08. The van der Waals surface area contributed by atoms with E-state index in [1.54, 1.807) is 5.38 Å². The second-order valence-corrected chi connectivity index (χ2v) is 6.04. The van der Waals surface area contributed by atoms with E-state index in [0.29, 0.717) is 5.69 Å². The minimum absolute atomic E-state index is 0.0843. The molecule has 1 fully saturated rings. The van der Waals surface area contributed by atoms with Crippen molar-refractivity contribution in [3.63, 3.8) is 0 Å². The molecule has 2 heterocycles. The van der Waals surface area contributed by atoms with E-state index in [0.717, 1.165) is 37.9 Å². The Bertz CT molecular complexity index is 443. The van der Waals surface area contributed by atoms with Gasteiger partial charge in [0, 0.05) is 31.1 Å². The molecule has 1 amide bonds. The van der Waals surface area contributed by atoms with Crippen molar-refractivity contribution in [3.8, 4) is 0 Å². The van der Waals surface area contributed by atoms with E-state index in [2.05, 4.69) is 15.2 Å². The van der Waals surface area contributed by atoms with Gasteiger partial charge >= 0.3 is 0 Å². The number of nitrogens with zero attached hydrogens (tertiary/aromatic N) is 2. The summed E-state index contributed by atoms with van der Waals surface area (Å²) in [6, 6.07) is -0.0478. The molecular formula is C13H22N4O2S. The molecule has 2 atom stereocenters. The van der Waals surface area contributed by atoms with Gasteiger partial charge in [-0.25, -0.2) is 4.98 Å². The first-order valence-electron chi connectivity index (χ1n) is 6.88. The molecule has 2 rings (SSSR count). The lowest BCUT2D eigenvalue weighted by Crippen LogP contribution is -2.46. The maximum Gasteiger partial charge on any atom is 0.271 e. The minimum atomic E-state index is -0.132. The fourth-order valence-electron chi connectivity index (χ4n) is 2.12. The Morgan fingerprint density at radius 1 is 1.55 bits per heavy atom. The molecule has 0 spiro atoms. The number of carbonyl (C=O) groups excluding carboxylic acids is 1. The second kappa shape index (κ2) is 7.12. The fourth-order valence-corrected chi connectivity index (χ4v) is 2.87. The molecule has 20 heavy (non-hydrogen) atoms. The molecule has 6 nitrogen and oxygen atoms in total. The highest BCUT2D eigenvalue weighted by molar-refractivity contribution is 7.09. The predicted octanol–water partition coefficient (Wildman–Crippen LogP) is 0.613. The maximum absolute atomic E-state index is 12.1. The number of thiazole rings is 1. The quantitative estimate of drug-likeness (QED) is 0.832. The van der Waals surface area contributed by atoms with Gasteiger partial charge in [0.05, 0.1) is 19.3 Å². The van der Waals surface area contributed by atoms with Crippen LogP contribution in [-0.4, -0.2) is 54.7 Å². The van der Waals surface area contributed by atoms with Gasteiger partial charge in [0.2, 0.25) is 0 Å². The topological polar surface area (TPSA) is 80.5 Å². The van der Waals surface area contributed by atoms with E-state index in [1.807, 2.05) is 13.8 Å². The predicted molar refractivity (Wildman–Crippen MR) is 78.9 cm³/mol. The summed E-state index contributed by atoms with van der Waals surface area (Å²) in [5.74, 6) is -0.131.